The highest BCUT2D eigenvalue weighted by atomic mass is 19.1. The Morgan fingerprint density at radius 3 is 2.67 bits per heavy atom. The zero-order valence-corrected chi connectivity index (χ0v) is 12.7. The van der Waals surface area contributed by atoms with Gasteiger partial charge in [0, 0.05) is 31.8 Å². The molecule has 0 saturated heterocycles. The van der Waals surface area contributed by atoms with Gasteiger partial charge in [-0.1, -0.05) is 19.9 Å². The summed E-state index contributed by atoms with van der Waals surface area (Å²) in [7, 11) is 1.88. The molecule has 0 spiro atoms. The summed E-state index contributed by atoms with van der Waals surface area (Å²) < 4.78 is 13.4. The molecule has 2 aromatic rings. The van der Waals surface area contributed by atoms with Crippen LogP contribution in [-0.2, 0) is 6.42 Å². The third-order valence-corrected chi connectivity index (χ3v) is 3.17. The van der Waals surface area contributed by atoms with Crippen LogP contribution in [0.1, 0.15) is 26.1 Å². The molecule has 0 bridgehead atoms. The largest absolute Gasteiger partial charge is 0.370 e. The van der Waals surface area contributed by atoms with E-state index < -0.39 is 0 Å². The molecule has 0 aliphatic heterocycles. The second-order valence-electron chi connectivity index (χ2n) is 4.85. The van der Waals surface area contributed by atoms with E-state index in [0.717, 1.165) is 42.5 Å². The first kappa shape index (κ1) is 15.2. The molecule has 21 heavy (non-hydrogen) atoms. The van der Waals surface area contributed by atoms with Crippen LogP contribution in [0.5, 0.6) is 0 Å². The van der Waals surface area contributed by atoms with E-state index in [-0.39, 0.29) is 5.82 Å². The fourth-order valence-corrected chi connectivity index (χ4v) is 1.97. The van der Waals surface area contributed by atoms with Crippen LogP contribution >= 0.6 is 0 Å². The van der Waals surface area contributed by atoms with Crippen LogP contribution < -0.4 is 10.2 Å². The first-order valence-electron chi connectivity index (χ1n) is 7.25. The number of benzene rings is 1. The molecule has 0 fully saturated rings. The number of hydrogen-bond donors (Lipinski definition) is 1. The van der Waals surface area contributed by atoms with Crippen molar-refractivity contribution in [1.29, 1.82) is 0 Å². The number of aryl methyl sites for hydroxylation is 1. The van der Waals surface area contributed by atoms with Crippen molar-refractivity contribution in [2.75, 3.05) is 23.8 Å². The number of nitrogens with zero attached hydrogens (tertiary/aromatic N) is 3. The predicted octanol–water partition coefficient (Wildman–Crippen LogP) is 3.77. The molecule has 2 rings (SSSR count). The smallest absolute Gasteiger partial charge is 0.138 e. The minimum atomic E-state index is -0.256. The molecule has 112 valence electrons. The number of anilines is 3. The van der Waals surface area contributed by atoms with E-state index >= 15 is 0 Å². The molecule has 1 aromatic carbocycles. The van der Waals surface area contributed by atoms with Crippen molar-refractivity contribution in [2.45, 2.75) is 26.7 Å². The molecule has 0 aliphatic rings. The summed E-state index contributed by atoms with van der Waals surface area (Å²) in [4.78, 5) is 10.8. The van der Waals surface area contributed by atoms with E-state index in [4.69, 9.17) is 0 Å². The zero-order chi connectivity index (χ0) is 15.2. The fourth-order valence-electron chi connectivity index (χ4n) is 1.97. The third kappa shape index (κ3) is 3.90. The van der Waals surface area contributed by atoms with Gasteiger partial charge < -0.3 is 10.2 Å². The topological polar surface area (TPSA) is 41.0 Å². The van der Waals surface area contributed by atoms with E-state index in [9.17, 15) is 4.39 Å². The maximum atomic E-state index is 13.4. The number of halogens is 1. The summed E-state index contributed by atoms with van der Waals surface area (Å²) in [5, 5.41) is 3.28. The normalized spacial score (nSPS) is 10.5. The first-order chi connectivity index (χ1) is 10.1. The highest BCUT2D eigenvalue weighted by Crippen LogP contribution is 2.24. The number of nitrogens with one attached hydrogen (secondary N) is 1. The molecule has 5 heteroatoms. The molecule has 1 N–H and O–H groups in total. The molecular formula is C16H21FN4. The maximum absolute atomic E-state index is 13.4. The van der Waals surface area contributed by atoms with Gasteiger partial charge in [-0.15, -0.1) is 0 Å². The molecule has 1 heterocycles. The number of rotatable bonds is 6. The standard InChI is InChI=1S/C16H21FN4/c1-4-9-18-15-11-16(20-14(5-2)19-15)21(3)13-8-6-7-12(17)10-13/h6-8,10-11H,4-5,9H2,1-3H3,(H,18,19,20). The lowest BCUT2D eigenvalue weighted by atomic mass is 10.3. The lowest BCUT2D eigenvalue weighted by Crippen LogP contribution is -2.14. The summed E-state index contributed by atoms with van der Waals surface area (Å²) in [5.74, 6) is 2.08. The van der Waals surface area contributed by atoms with Crippen LogP contribution in [0.2, 0.25) is 0 Å². The summed E-state index contributed by atoms with van der Waals surface area (Å²) in [5.41, 5.74) is 0.761. The second-order valence-corrected chi connectivity index (χ2v) is 4.85. The van der Waals surface area contributed by atoms with Crippen LogP contribution in [0.15, 0.2) is 30.3 Å². The van der Waals surface area contributed by atoms with Gasteiger partial charge in [-0.05, 0) is 24.6 Å². The Bertz CT molecular complexity index is 601. The summed E-state index contributed by atoms with van der Waals surface area (Å²) in [6, 6.07) is 8.37. The van der Waals surface area contributed by atoms with Gasteiger partial charge in [0.2, 0.25) is 0 Å². The monoisotopic (exact) mass is 288 g/mol. The van der Waals surface area contributed by atoms with E-state index in [1.807, 2.05) is 31.0 Å². The summed E-state index contributed by atoms with van der Waals surface area (Å²) >= 11 is 0. The van der Waals surface area contributed by atoms with Crippen molar-refractivity contribution >= 4 is 17.3 Å². The maximum Gasteiger partial charge on any atom is 0.138 e. The third-order valence-electron chi connectivity index (χ3n) is 3.17. The SMILES string of the molecule is CCCNc1cc(N(C)c2cccc(F)c2)nc(CC)n1. The molecule has 0 aliphatic carbocycles. The predicted molar refractivity (Wildman–Crippen MR) is 84.7 cm³/mol. The molecule has 4 nitrogen and oxygen atoms in total. The zero-order valence-electron chi connectivity index (χ0n) is 12.7. The lowest BCUT2D eigenvalue weighted by molar-refractivity contribution is 0.628. The molecule has 0 atom stereocenters. The highest BCUT2D eigenvalue weighted by molar-refractivity contribution is 5.61. The minimum absolute atomic E-state index is 0.256. The van der Waals surface area contributed by atoms with Crippen molar-refractivity contribution < 1.29 is 4.39 Å². The molecule has 0 unspecified atom stereocenters. The Kier molecular flexibility index (Phi) is 5.09. The minimum Gasteiger partial charge on any atom is -0.370 e. The number of hydrogen-bond acceptors (Lipinski definition) is 4. The van der Waals surface area contributed by atoms with Crippen molar-refractivity contribution in [1.82, 2.24) is 9.97 Å². The van der Waals surface area contributed by atoms with Gasteiger partial charge in [0.25, 0.3) is 0 Å². The lowest BCUT2D eigenvalue weighted by Gasteiger charge is -2.20. The highest BCUT2D eigenvalue weighted by Gasteiger charge is 2.10. The average Bonchev–Trinajstić information content (AvgIpc) is 2.51. The van der Waals surface area contributed by atoms with Gasteiger partial charge >= 0.3 is 0 Å². The van der Waals surface area contributed by atoms with Gasteiger partial charge in [-0.2, -0.15) is 0 Å². The van der Waals surface area contributed by atoms with Crippen LogP contribution in [-0.4, -0.2) is 23.6 Å². The summed E-state index contributed by atoms with van der Waals surface area (Å²) in [6.07, 6.45) is 1.78. The van der Waals surface area contributed by atoms with Gasteiger partial charge in [0.1, 0.15) is 23.3 Å². The Morgan fingerprint density at radius 1 is 1.19 bits per heavy atom. The molecule has 0 radical (unpaired) electrons. The van der Waals surface area contributed by atoms with Gasteiger partial charge in [-0.25, -0.2) is 14.4 Å². The van der Waals surface area contributed by atoms with Gasteiger partial charge in [0.15, 0.2) is 0 Å². The van der Waals surface area contributed by atoms with Crippen LogP contribution in [0.3, 0.4) is 0 Å². The quantitative estimate of drug-likeness (QED) is 0.878. The summed E-state index contributed by atoms with van der Waals surface area (Å²) in [6.45, 7) is 4.99. The Labute approximate surface area is 125 Å². The van der Waals surface area contributed by atoms with E-state index in [1.165, 1.54) is 12.1 Å². The molecule has 0 saturated carbocycles. The van der Waals surface area contributed by atoms with E-state index in [0.29, 0.717) is 0 Å². The molecule has 1 aromatic heterocycles. The van der Waals surface area contributed by atoms with E-state index in [1.54, 1.807) is 6.07 Å². The van der Waals surface area contributed by atoms with E-state index in [2.05, 4.69) is 22.2 Å². The number of aromatic nitrogens is 2. The van der Waals surface area contributed by atoms with Crippen LogP contribution in [0, 0.1) is 5.82 Å². The fraction of sp³-hybridized carbons (Fsp3) is 0.375. The van der Waals surface area contributed by atoms with Crippen molar-refractivity contribution in [3.8, 4) is 0 Å². The van der Waals surface area contributed by atoms with Crippen molar-refractivity contribution in [3.05, 3.63) is 42.0 Å². The Morgan fingerprint density at radius 2 is 2.00 bits per heavy atom. The van der Waals surface area contributed by atoms with Gasteiger partial charge in [-0.3, -0.25) is 0 Å². The second kappa shape index (κ2) is 7.02. The van der Waals surface area contributed by atoms with Crippen LogP contribution in [0.25, 0.3) is 0 Å². The Balaban J connectivity index is 2.32. The van der Waals surface area contributed by atoms with Crippen LogP contribution in [0.4, 0.5) is 21.7 Å². The first-order valence-corrected chi connectivity index (χ1v) is 7.25. The van der Waals surface area contributed by atoms with Crippen molar-refractivity contribution in [3.63, 3.8) is 0 Å². The molecular weight excluding hydrogens is 267 g/mol. The van der Waals surface area contributed by atoms with Gasteiger partial charge in [0.05, 0.1) is 0 Å². The van der Waals surface area contributed by atoms with Crippen molar-refractivity contribution in [2.24, 2.45) is 0 Å². The average molecular weight is 288 g/mol. The Hall–Kier alpha value is -2.17. The molecule has 0 amide bonds.